The molecule has 0 atom stereocenters. The standard InChI is InChI=1S/C19H27Si.3ClH.Ti/c1-4-5-7-10-16-13-18(14-19(16)15(2)3)20-17-11-8-6-9-12-17;;;;/h6,8-9,11-12,15H,4-5,7,10,13,20H2,1-3H3;3*1H;/q;;;;+3/p-3. The maximum Gasteiger partial charge on any atom is -1.00 e. The predicted octanol–water partition coefficient (Wildman–Crippen LogP) is -4.81. The third kappa shape index (κ3) is 7.40. The predicted molar refractivity (Wildman–Crippen MR) is 92.3 cm³/mol. The molecule has 0 saturated carbocycles. The fourth-order valence-electron chi connectivity index (χ4n) is 3.31. The quantitative estimate of drug-likeness (QED) is 0.297. The van der Waals surface area contributed by atoms with Crippen LogP contribution in [-0.4, -0.2) is 9.52 Å². The summed E-state index contributed by atoms with van der Waals surface area (Å²) < 4.78 is 1.65. The Morgan fingerprint density at radius 1 is 1.04 bits per heavy atom. The summed E-state index contributed by atoms with van der Waals surface area (Å²) in [6.07, 6.45) is 6.67. The van der Waals surface area contributed by atoms with Crippen LogP contribution in [0.15, 0.2) is 50.6 Å². The van der Waals surface area contributed by atoms with Crippen molar-refractivity contribution in [2.75, 3.05) is 0 Å². The van der Waals surface area contributed by atoms with Gasteiger partial charge in [0.05, 0.1) is 0 Å². The molecule has 1 aromatic carbocycles. The average Bonchev–Trinajstić information content (AvgIpc) is 2.77. The Kier molecular flexibility index (Phi) is 15.2. The van der Waals surface area contributed by atoms with Crippen molar-refractivity contribution in [1.29, 1.82) is 0 Å². The smallest absolute Gasteiger partial charge is 1.00 e. The summed E-state index contributed by atoms with van der Waals surface area (Å²) in [4.78, 5) is 0. The van der Waals surface area contributed by atoms with Crippen LogP contribution in [0.3, 0.4) is 0 Å². The topological polar surface area (TPSA) is 0 Å². The summed E-state index contributed by atoms with van der Waals surface area (Å²) in [5.41, 5.74) is 3.46. The van der Waals surface area contributed by atoms with Crippen LogP contribution in [0.1, 0.15) is 52.9 Å². The molecular formula is C19H27Cl3SiTi. The van der Waals surface area contributed by atoms with Crippen molar-refractivity contribution in [3.63, 3.8) is 0 Å². The van der Waals surface area contributed by atoms with Crippen molar-refractivity contribution in [3.05, 3.63) is 50.6 Å². The van der Waals surface area contributed by atoms with Crippen LogP contribution < -0.4 is 42.4 Å². The Balaban J connectivity index is 0. The Morgan fingerprint density at radius 2 is 1.67 bits per heavy atom. The van der Waals surface area contributed by atoms with E-state index in [1.165, 1.54) is 32.1 Å². The minimum absolute atomic E-state index is 0. The fraction of sp³-hybridized carbons (Fsp3) is 0.474. The molecule has 0 fully saturated rings. The zero-order valence-electron chi connectivity index (χ0n) is 14.8. The molecule has 1 aliphatic carbocycles. The van der Waals surface area contributed by atoms with Crippen LogP contribution in [0.4, 0.5) is 0 Å². The number of allylic oxidation sites excluding steroid dienone is 4. The maximum absolute atomic E-state index is 2.38. The molecule has 0 nitrogen and oxygen atoms in total. The third-order valence-corrected chi connectivity index (χ3v) is 7.79. The first-order chi connectivity index (χ1) is 10.1. The summed E-state index contributed by atoms with van der Waals surface area (Å²) in [5.74, 6) is 0.684. The number of rotatable bonds is 7. The van der Waals surface area contributed by atoms with Gasteiger partial charge in [0.2, 0.25) is 0 Å². The molecule has 0 heterocycles. The van der Waals surface area contributed by atoms with Crippen LogP contribution in [0.5, 0.6) is 0 Å². The van der Waals surface area contributed by atoms with Crippen molar-refractivity contribution in [3.8, 4) is 0 Å². The minimum Gasteiger partial charge on any atom is -1.00 e. The molecule has 5 heteroatoms. The van der Waals surface area contributed by atoms with Gasteiger partial charge < -0.3 is 37.2 Å². The molecule has 132 valence electrons. The molecule has 0 unspecified atom stereocenters. The average molecular weight is 438 g/mol. The van der Waals surface area contributed by atoms with Gasteiger partial charge >= 0.3 is 144 Å². The molecule has 0 bridgehead atoms. The van der Waals surface area contributed by atoms with Crippen LogP contribution in [0.25, 0.3) is 0 Å². The number of benzene rings is 1. The van der Waals surface area contributed by atoms with Gasteiger partial charge in [-0.25, -0.2) is 0 Å². The first-order valence-corrected chi connectivity index (χ1v) is 10.5. The Labute approximate surface area is 180 Å². The van der Waals surface area contributed by atoms with Gasteiger partial charge in [0.25, 0.3) is 0 Å². The van der Waals surface area contributed by atoms with Crippen molar-refractivity contribution in [1.82, 2.24) is 0 Å². The molecule has 0 aliphatic heterocycles. The monoisotopic (exact) mass is 436 g/mol. The zero-order valence-corrected chi connectivity index (χ0v) is 20.1. The first kappa shape index (κ1) is 26.7. The maximum atomic E-state index is 2.38. The Morgan fingerprint density at radius 3 is 2.21 bits per heavy atom. The summed E-state index contributed by atoms with van der Waals surface area (Å²) in [6, 6.07) is 11.1. The molecule has 1 aliphatic rings. The van der Waals surface area contributed by atoms with Gasteiger partial charge in [-0.05, 0) is 0 Å². The Bertz CT molecular complexity index is 539. The van der Waals surface area contributed by atoms with Gasteiger partial charge in [0, 0.05) is 0 Å². The van der Waals surface area contributed by atoms with Gasteiger partial charge in [-0.3, -0.25) is 0 Å². The molecule has 0 N–H and O–H groups in total. The second-order valence-corrected chi connectivity index (χ2v) is 9.25. The number of unbranched alkanes of at least 4 members (excludes halogenated alkanes) is 2. The number of halogens is 3. The van der Waals surface area contributed by atoms with E-state index in [0.29, 0.717) is 5.92 Å². The van der Waals surface area contributed by atoms with Crippen molar-refractivity contribution >= 4 is 14.7 Å². The molecule has 0 spiro atoms. The SMILES string of the molecule is CCCCCC1=C(C(C)C)[C]([Ti+3])=C([SiH2]c2ccccc2)C1.[Cl-].[Cl-].[Cl-]. The van der Waals surface area contributed by atoms with Gasteiger partial charge in [0.15, 0.2) is 0 Å². The van der Waals surface area contributed by atoms with E-state index in [4.69, 9.17) is 0 Å². The van der Waals surface area contributed by atoms with E-state index in [-0.39, 0.29) is 46.7 Å². The van der Waals surface area contributed by atoms with Crippen molar-refractivity contribution < 1.29 is 57.7 Å². The summed E-state index contributed by atoms with van der Waals surface area (Å²) in [6.45, 7) is 7.03. The summed E-state index contributed by atoms with van der Waals surface area (Å²) in [7, 11) is -0.269. The third-order valence-electron chi connectivity index (χ3n) is 4.35. The van der Waals surface area contributed by atoms with Crippen molar-refractivity contribution in [2.24, 2.45) is 5.92 Å². The second kappa shape index (κ2) is 13.7. The van der Waals surface area contributed by atoms with Gasteiger partial charge in [-0.2, -0.15) is 0 Å². The van der Waals surface area contributed by atoms with E-state index in [0.717, 1.165) is 0 Å². The van der Waals surface area contributed by atoms with E-state index in [9.17, 15) is 0 Å². The Hall–Kier alpha value is 0.501. The largest absolute Gasteiger partial charge is 1.00 e. The molecule has 0 saturated heterocycles. The zero-order chi connectivity index (χ0) is 15.2. The van der Waals surface area contributed by atoms with Gasteiger partial charge in [0.1, 0.15) is 0 Å². The molecule has 0 radical (unpaired) electrons. The molecule has 0 amide bonds. The van der Waals surface area contributed by atoms with E-state index >= 15 is 0 Å². The molecule has 2 rings (SSSR count). The minimum atomic E-state index is -0.269. The number of hydrogen-bond donors (Lipinski definition) is 0. The van der Waals surface area contributed by atoms with Crippen LogP contribution in [0.2, 0.25) is 0 Å². The summed E-state index contributed by atoms with van der Waals surface area (Å²) >= 11 is 2.38. The number of hydrogen-bond acceptors (Lipinski definition) is 0. The van der Waals surface area contributed by atoms with E-state index in [1.807, 2.05) is 0 Å². The molecule has 0 aromatic heterocycles. The van der Waals surface area contributed by atoms with Crippen LogP contribution in [0, 0.1) is 5.92 Å². The molecule has 24 heavy (non-hydrogen) atoms. The van der Waals surface area contributed by atoms with E-state index < -0.39 is 0 Å². The fourth-order valence-corrected chi connectivity index (χ4v) is 6.38. The van der Waals surface area contributed by atoms with Gasteiger partial charge in [-0.1, -0.05) is 0 Å². The van der Waals surface area contributed by atoms with E-state index in [2.05, 4.69) is 71.5 Å². The normalized spacial score (nSPS) is 14.1. The molecule has 1 aromatic rings. The van der Waals surface area contributed by atoms with Gasteiger partial charge in [-0.15, -0.1) is 0 Å². The van der Waals surface area contributed by atoms with Crippen LogP contribution in [-0.2, 0) is 20.4 Å². The summed E-state index contributed by atoms with van der Waals surface area (Å²) in [5, 5.41) is 3.38. The van der Waals surface area contributed by atoms with Crippen molar-refractivity contribution in [2.45, 2.75) is 52.9 Å². The van der Waals surface area contributed by atoms with Crippen LogP contribution >= 0.6 is 0 Å². The molecular weight excluding hydrogens is 411 g/mol. The second-order valence-electron chi connectivity index (χ2n) is 6.45. The first-order valence-electron chi connectivity index (χ1n) is 8.33. The van der Waals surface area contributed by atoms with E-state index in [1.54, 1.807) is 25.4 Å².